The molecule has 26 heavy (non-hydrogen) atoms. The molecule has 1 aromatic carbocycles. The summed E-state index contributed by atoms with van der Waals surface area (Å²) in [5, 5.41) is 7.90. The highest BCUT2D eigenvalue weighted by molar-refractivity contribution is 5.98. The molecule has 0 aliphatic heterocycles. The molecule has 3 aromatic rings. The molecule has 1 N–H and O–H groups in total. The Balaban J connectivity index is 1.80. The van der Waals surface area contributed by atoms with Crippen LogP contribution in [0.1, 0.15) is 47.3 Å². The Morgan fingerprint density at radius 1 is 1.08 bits per heavy atom. The van der Waals surface area contributed by atoms with Gasteiger partial charge < -0.3 is 9.88 Å². The molecule has 2 aromatic heterocycles. The van der Waals surface area contributed by atoms with Crippen molar-refractivity contribution in [1.82, 2.24) is 19.7 Å². The lowest BCUT2D eigenvalue weighted by Crippen LogP contribution is -2.33. The normalized spacial score (nSPS) is 14.7. The molecule has 1 saturated carbocycles. The fourth-order valence-corrected chi connectivity index (χ4v) is 3.69. The number of nitrogens with zero attached hydrogens (tertiary/aromatic N) is 3. The fourth-order valence-electron chi connectivity index (χ4n) is 3.69. The summed E-state index contributed by atoms with van der Waals surface area (Å²) in [6, 6.07) is 12.4. The third-order valence-electron chi connectivity index (χ3n) is 5.08. The quantitative estimate of drug-likeness (QED) is 0.776. The third-order valence-corrected chi connectivity index (χ3v) is 5.08. The number of carbonyl (C=O) groups is 1. The van der Waals surface area contributed by atoms with Crippen LogP contribution in [0.15, 0.2) is 48.8 Å². The zero-order valence-electron chi connectivity index (χ0n) is 15.3. The number of hydrogen-bond acceptors (Lipinski definition) is 2. The molecular formula is C21H24N4O. The van der Waals surface area contributed by atoms with Crippen LogP contribution in [0.3, 0.4) is 0 Å². The van der Waals surface area contributed by atoms with E-state index in [1.54, 1.807) is 0 Å². The predicted molar refractivity (Wildman–Crippen MR) is 102 cm³/mol. The topological polar surface area (TPSA) is 51.9 Å². The van der Waals surface area contributed by atoms with Crippen molar-refractivity contribution in [2.24, 2.45) is 0 Å². The van der Waals surface area contributed by atoms with Gasteiger partial charge in [0.25, 0.3) is 5.91 Å². The Morgan fingerprint density at radius 2 is 1.73 bits per heavy atom. The first-order valence-electron chi connectivity index (χ1n) is 9.24. The molecule has 0 atom stereocenters. The van der Waals surface area contributed by atoms with Crippen LogP contribution in [0, 0.1) is 13.8 Å². The van der Waals surface area contributed by atoms with Gasteiger partial charge in [0.05, 0.1) is 11.4 Å². The van der Waals surface area contributed by atoms with E-state index in [1.165, 1.54) is 18.4 Å². The van der Waals surface area contributed by atoms with Crippen LogP contribution >= 0.6 is 0 Å². The van der Waals surface area contributed by atoms with Crippen LogP contribution in [-0.4, -0.2) is 26.3 Å². The minimum atomic E-state index is -0.0311. The van der Waals surface area contributed by atoms with E-state index in [0.717, 1.165) is 30.0 Å². The lowest BCUT2D eigenvalue weighted by molar-refractivity contribution is 0.0937. The lowest BCUT2D eigenvalue weighted by Gasteiger charge is -2.14. The Morgan fingerprint density at radius 3 is 2.38 bits per heavy atom. The molecule has 0 saturated heterocycles. The maximum Gasteiger partial charge on any atom is 0.257 e. The van der Waals surface area contributed by atoms with Crippen molar-refractivity contribution in [1.29, 1.82) is 0 Å². The van der Waals surface area contributed by atoms with Gasteiger partial charge in [-0.1, -0.05) is 30.5 Å². The number of benzene rings is 1. The number of nitrogens with one attached hydrogen (secondary N) is 1. The summed E-state index contributed by atoms with van der Waals surface area (Å²) in [5.74, 6) is 0.753. The maximum atomic E-state index is 13.1. The number of hydrogen-bond donors (Lipinski definition) is 1. The fraction of sp³-hybridized carbons (Fsp3) is 0.333. The Labute approximate surface area is 153 Å². The van der Waals surface area contributed by atoms with Gasteiger partial charge >= 0.3 is 0 Å². The van der Waals surface area contributed by atoms with Crippen LogP contribution in [0.4, 0.5) is 0 Å². The molecule has 4 rings (SSSR count). The summed E-state index contributed by atoms with van der Waals surface area (Å²) in [5.41, 5.74) is 3.53. The molecule has 1 fully saturated rings. The van der Waals surface area contributed by atoms with E-state index in [4.69, 9.17) is 5.10 Å². The standard InChI is InChI=1S/C21H24N4O/c1-15-9-11-18(12-10-15)25-21(24-13-5-6-14-24)19(16(2)23-25)20(26)22-17-7-3-4-8-17/h5-6,9-14,17H,3-4,7-8H2,1-2H3,(H,22,26). The van der Waals surface area contributed by atoms with Gasteiger partial charge in [-0.15, -0.1) is 0 Å². The van der Waals surface area contributed by atoms with Crippen LogP contribution in [0.25, 0.3) is 11.5 Å². The monoisotopic (exact) mass is 348 g/mol. The van der Waals surface area contributed by atoms with E-state index in [2.05, 4.69) is 24.4 Å². The number of aromatic nitrogens is 3. The summed E-state index contributed by atoms with van der Waals surface area (Å²) < 4.78 is 3.82. The highest BCUT2D eigenvalue weighted by atomic mass is 16.1. The summed E-state index contributed by atoms with van der Waals surface area (Å²) in [7, 11) is 0. The molecule has 1 amide bonds. The zero-order valence-corrected chi connectivity index (χ0v) is 15.3. The largest absolute Gasteiger partial charge is 0.349 e. The van der Waals surface area contributed by atoms with Crippen molar-refractivity contribution in [3.63, 3.8) is 0 Å². The van der Waals surface area contributed by atoms with Crippen LogP contribution < -0.4 is 5.32 Å². The van der Waals surface area contributed by atoms with Crippen molar-refractivity contribution in [2.45, 2.75) is 45.6 Å². The van der Waals surface area contributed by atoms with E-state index in [9.17, 15) is 4.79 Å². The van der Waals surface area contributed by atoms with Gasteiger partial charge in [-0.05, 0) is 51.0 Å². The average Bonchev–Trinajstić information content (AvgIpc) is 3.35. The second-order valence-corrected chi connectivity index (χ2v) is 7.08. The molecule has 1 aliphatic rings. The van der Waals surface area contributed by atoms with Crippen molar-refractivity contribution in [3.8, 4) is 11.5 Å². The average molecular weight is 348 g/mol. The molecule has 134 valence electrons. The molecule has 0 spiro atoms. The smallest absolute Gasteiger partial charge is 0.257 e. The lowest BCUT2D eigenvalue weighted by atomic mass is 10.2. The van der Waals surface area contributed by atoms with E-state index >= 15 is 0 Å². The summed E-state index contributed by atoms with van der Waals surface area (Å²) >= 11 is 0. The van der Waals surface area contributed by atoms with Crippen molar-refractivity contribution in [3.05, 3.63) is 65.6 Å². The van der Waals surface area contributed by atoms with Gasteiger partial charge in [0.1, 0.15) is 5.56 Å². The van der Waals surface area contributed by atoms with Gasteiger partial charge in [-0.25, -0.2) is 4.68 Å². The number of rotatable bonds is 4. The number of carbonyl (C=O) groups excluding carboxylic acids is 1. The van der Waals surface area contributed by atoms with E-state index in [1.807, 2.05) is 52.8 Å². The zero-order chi connectivity index (χ0) is 18.1. The van der Waals surface area contributed by atoms with Crippen molar-refractivity contribution < 1.29 is 4.79 Å². The Bertz CT molecular complexity index is 900. The molecule has 1 aliphatic carbocycles. The first kappa shape index (κ1) is 16.6. The SMILES string of the molecule is Cc1ccc(-n2nc(C)c(C(=O)NC3CCCC3)c2-n2cccc2)cc1. The molecule has 2 heterocycles. The van der Waals surface area contributed by atoms with Gasteiger partial charge in [-0.3, -0.25) is 4.79 Å². The molecule has 5 nitrogen and oxygen atoms in total. The van der Waals surface area contributed by atoms with Gasteiger partial charge in [-0.2, -0.15) is 5.10 Å². The molecule has 0 radical (unpaired) electrons. The maximum absolute atomic E-state index is 13.1. The number of aryl methyl sites for hydroxylation is 2. The molecule has 5 heteroatoms. The van der Waals surface area contributed by atoms with E-state index in [0.29, 0.717) is 5.56 Å². The van der Waals surface area contributed by atoms with Gasteiger partial charge in [0, 0.05) is 18.4 Å². The van der Waals surface area contributed by atoms with Gasteiger partial charge in [0.15, 0.2) is 5.82 Å². The van der Waals surface area contributed by atoms with Crippen LogP contribution in [0.2, 0.25) is 0 Å². The third kappa shape index (κ3) is 3.05. The minimum absolute atomic E-state index is 0.0311. The molecular weight excluding hydrogens is 324 g/mol. The Kier molecular flexibility index (Phi) is 4.37. The van der Waals surface area contributed by atoms with E-state index in [-0.39, 0.29) is 11.9 Å². The summed E-state index contributed by atoms with van der Waals surface area (Å²) in [4.78, 5) is 13.1. The second-order valence-electron chi connectivity index (χ2n) is 7.08. The van der Waals surface area contributed by atoms with Crippen molar-refractivity contribution >= 4 is 5.91 Å². The summed E-state index contributed by atoms with van der Waals surface area (Å²) in [6.07, 6.45) is 8.42. The van der Waals surface area contributed by atoms with Crippen LogP contribution in [0.5, 0.6) is 0 Å². The molecule has 0 bridgehead atoms. The predicted octanol–water partition coefficient (Wildman–Crippen LogP) is 3.95. The Hall–Kier alpha value is -2.82. The first-order chi connectivity index (χ1) is 12.6. The highest BCUT2D eigenvalue weighted by Crippen LogP contribution is 2.25. The molecule has 0 unspecified atom stereocenters. The van der Waals surface area contributed by atoms with Crippen molar-refractivity contribution in [2.75, 3.05) is 0 Å². The minimum Gasteiger partial charge on any atom is -0.349 e. The van der Waals surface area contributed by atoms with Gasteiger partial charge in [0.2, 0.25) is 0 Å². The van der Waals surface area contributed by atoms with Crippen LogP contribution in [-0.2, 0) is 0 Å². The van der Waals surface area contributed by atoms with E-state index < -0.39 is 0 Å². The first-order valence-corrected chi connectivity index (χ1v) is 9.24. The highest BCUT2D eigenvalue weighted by Gasteiger charge is 2.26. The second kappa shape index (κ2) is 6.83. The number of amides is 1. The summed E-state index contributed by atoms with van der Waals surface area (Å²) in [6.45, 7) is 3.96.